The van der Waals surface area contributed by atoms with E-state index in [1.165, 1.54) is 19.1 Å². The number of aromatic hydroxyl groups is 1. The predicted molar refractivity (Wildman–Crippen MR) is 128 cm³/mol. The van der Waals surface area contributed by atoms with Crippen LogP contribution >= 0.6 is 0 Å². The highest BCUT2D eigenvalue weighted by atomic mass is 16.4. The van der Waals surface area contributed by atoms with Crippen molar-refractivity contribution >= 4 is 23.5 Å². The summed E-state index contributed by atoms with van der Waals surface area (Å²) in [6.07, 6.45) is 0.238. The molecule has 7 nitrogen and oxygen atoms in total. The summed E-state index contributed by atoms with van der Waals surface area (Å²) in [5.74, 6) is 2.60. The molecule has 34 heavy (non-hydrogen) atoms. The second-order valence-corrected chi connectivity index (χ2v) is 7.66. The van der Waals surface area contributed by atoms with Crippen molar-refractivity contribution in [3.8, 4) is 17.6 Å². The lowest BCUT2D eigenvalue weighted by molar-refractivity contribution is -0.130. The highest BCUT2D eigenvalue weighted by Crippen LogP contribution is 2.26. The first-order valence-electron chi connectivity index (χ1n) is 10.6. The zero-order valence-corrected chi connectivity index (χ0v) is 18.5. The molecule has 1 unspecified atom stereocenters. The van der Waals surface area contributed by atoms with Gasteiger partial charge in [0.2, 0.25) is 11.8 Å². The Morgan fingerprint density at radius 3 is 2.24 bits per heavy atom. The molecule has 3 rings (SSSR count). The number of carboxylic acid groups (broad SMARTS) is 1. The molecule has 0 heterocycles. The van der Waals surface area contributed by atoms with E-state index in [2.05, 4.69) is 22.5 Å². The third-order valence-corrected chi connectivity index (χ3v) is 5.01. The minimum Gasteiger partial charge on any atom is -0.508 e. The van der Waals surface area contributed by atoms with E-state index in [4.69, 9.17) is 5.11 Å². The summed E-state index contributed by atoms with van der Waals surface area (Å²) in [4.78, 5) is 35.7. The van der Waals surface area contributed by atoms with Gasteiger partial charge in [-0.3, -0.25) is 9.59 Å². The Bertz CT molecular complexity index is 1230. The Labute approximate surface area is 197 Å². The summed E-state index contributed by atoms with van der Waals surface area (Å²) in [6.45, 7) is 1.34. The van der Waals surface area contributed by atoms with Gasteiger partial charge in [0, 0.05) is 25.0 Å². The lowest BCUT2D eigenvalue weighted by Gasteiger charge is -2.19. The Balaban J connectivity index is 1.84. The van der Waals surface area contributed by atoms with Gasteiger partial charge in [-0.15, -0.1) is 0 Å². The van der Waals surface area contributed by atoms with Crippen LogP contribution in [0.1, 0.15) is 29.5 Å². The van der Waals surface area contributed by atoms with E-state index < -0.39 is 23.8 Å². The molecule has 172 valence electrons. The second-order valence-electron chi connectivity index (χ2n) is 7.66. The fraction of sp³-hybridized carbons (Fsp3) is 0.148. The van der Waals surface area contributed by atoms with Crippen molar-refractivity contribution < 1.29 is 24.6 Å². The van der Waals surface area contributed by atoms with Gasteiger partial charge in [-0.05, 0) is 41.0 Å². The van der Waals surface area contributed by atoms with Gasteiger partial charge in [-0.1, -0.05) is 60.5 Å². The smallest absolute Gasteiger partial charge is 0.381 e. The minimum absolute atomic E-state index is 0.111. The summed E-state index contributed by atoms with van der Waals surface area (Å²) in [6, 6.07) is 21.8. The van der Waals surface area contributed by atoms with Gasteiger partial charge in [0.05, 0.1) is 5.92 Å². The maximum absolute atomic E-state index is 13.0. The normalized spacial score (nSPS) is 11.9. The Kier molecular flexibility index (Phi) is 8.03. The van der Waals surface area contributed by atoms with Crippen molar-refractivity contribution in [2.24, 2.45) is 0 Å². The number of anilines is 1. The molecule has 4 N–H and O–H groups in total. The third kappa shape index (κ3) is 6.97. The minimum atomic E-state index is -1.22. The largest absolute Gasteiger partial charge is 0.508 e. The SMILES string of the molecule is CC(=O)N[C@@H](Cc1ccc(O)cc1)C(=O)Nc1cccc(C(C#CC(=O)O)c2ccccc2)c1. The number of aliphatic carboxylic acids is 1. The van der Waals surface area contributed by atoms with E-state index in [-0.39, 0.29) is 18.1 Å². The molecule has 0 saturated carbocycles. The van der Waals surface area contributed by atoms with E-state index in [1.807, 2.05) is 36.4 Å². The van der Waals surface area contributed by atoms with Gasteiger partial charge >= 0.3 is 5.97 Å². The van der Waals surface area contributed by atoms with Crippen molar-refractivity contribution in [1.82, 2.24) is 5.32 Å². The summed E-state index contributed by atoms with van der Waals surface area (Å²) < 4.78 is 0. The Morgan fingerprint density at radius 1 is 0.912 bits per heavy atom. The molecule has 2 atom stereocenters. The topological polar surface area (TPSA) is 116 Å². The van der Waals surface area contributed by atoms with Gasteiger partial charge in [-0.2, -0.15) is 0 Å². The molecule has 0 bridgehead atoms. The van der Waals surface area contributed by atoms with Crippen LogP contribution in [0.2, 0.25) is 0 Å². The van der Waals surface area contributed by atoms with Crippen LogP contribution in [0.15, 0.2) is 78.9 Å². The summed E-state index contributed by atoms with van der Waals surface area (Å²) in [5, 5.41) is 24.0. The molecule has 0 radical (unpaired) electrons. The first kappa shape index (κ1) is 24.1. The quantitative estimate of drug-likeness (QED) is 0.407. The van der Waals surface area contributed by atoms with Gasteiger partial charge in [-0.25, -0.2) is 4.79 Å². The number of carbonyl (C=O) groups is 3. The molecule has 0 spiro atoms. The number of carbonyl (C=O) groups excluding carboxylic acids is 2. The van der Waals surface area contributed by atoms with Crippen molar-refractivity contribution in [2.75, 3.05) is 5.32 Å². The Hall–Kier alpha value is -4.57. The molecule has 2 amide bonds. The molecular weight excluding hydrogens is 432 g/mol. The monoisotopic (exact) mass is 456 g/mol. The number of phenols is 1. The zero-order chi connectivity index (χ0) is 24.5. The van der Waals surface area contributed by atoms with E-state index in [0.29, 0.717) is 11.3 Å². The summed E-state index contributed by atoms with van der Waals surface area (Å²) in [7, 11) is 0. The van der Waals surface area contributed by atoms with Crippen LogP contribution in [0.5, 0.6) is 5.75 Å². The molecule has 0 aromatic heterocycles. The van der Waals surface area contributed by atoms with Gasteiger partial charge < -0.3 is 20.8 Å². The van der Waals surface area contributed by atoms with Crippen molar-refractivity contribution in [3.63, 3.8) is 0 Å². The van der Waals surface area contributed by atoms with Crippen molar-refractivity contribution in [1.29, 1.82) is 0 Å². The first-order chi connectivity index (χ1) is 16.3. The van der Waals surface area contributed by atoms with E-state index >= 15 is 0 Å². The van der Waals surface area contributed by atoms with Crippen LogP contribution < -0.4 is 10.6 Å². The van der Waals surface area contributed by atoms with Gasteiger partial charge in [0.1, 0.15) is 11.8 Å². The predicted octanol–water partition coefficient (Wildman–Crippen LogP) is 3.30. The standard InChI is InChI=1S/C27H24N2O5/c1-18(30)28-25(16-19-10-12-23(31)13-11-19)27(34)29-22-9-5-8-21(17-22)24(14-15-26(32)33)20-6-3-2-4-7-20/h2-13,17,24-25,31H,16H2,1H3,(H,28,30)(H,29,34)(H,32,33)/t24?,25-/m0/s1. The molecular formula is C27H24N2O5. The van der Waals surface area contributed by atoms with Crippen LogP contribution in [0.25, 0.3) is 0 Å². The van der Waals surface area contributed by atoms with Gasteiger partial charge in [0.25, 0.3) is 0 Å². The number of hydrogen-bond acceptors (Lipinski definition) is 4. The van der Waals surface area contributed by atoms with Crippen molar-refractivity contribution in [2.45, 2.75) is 25.3 Å². The van der Waals surface area contributed by atoms with E-state index in [9.17, 15) is 19.5 Å². The number of phenolic OH excluding ortho intramolecular Hbond substituents is 1. The molecule has 7 heteroatoms. The van der Waals surface area contributed by atoms with Crippen LogP contribution in [0, 0.1) is 11.8 Å². The molecule has 0 saturated heterocycles. The lowest BCUT2D eigenvalue weighted by Crippen LogP contribution is -2.44. The van der Waals surface area contributed by atoms with E-state index in [0.717, 1.165) is 11.1 Å². The molecule has 3 aromatic carbocycles. The summed E-state index contributed by atoms with van der Waals surface area (Å²) >= 11 is 0. The number of carboxylic acids is 1. The highest BCUT2D eigenvalue weighted by molar-refractivity contribution is 5.97. The van der Waals surface area contributed by atoms with Crippen LogP contribution in [-0.4, -0.2) is 34.0 Å². The molecule has 0 aliphatic rings. The average molecular weight is 456 g/mol. The fourth-order valence-electron chi connectivity index (χ4n) is 3.49. The second kappa shape index (κ2) is 11.3. The summed E-state index contributed by atoms with van der Waals surface area (Å²) in [5.41, 5.74) is 2.80. The number of nitrogens with one attached hydrogen (secondary N) is 2. The van der Waals surface area contributed by atoms with Gasteiger partial charge in [0.15, 0.2) is 0 Å². The molecule has 0 fully saturated rings. The molecule has 0 aliphatic carbocycles. The first-order valence-corrected chi connectivity index (χ1v) is 10.6. The number of benzene rings is 3. The van der Waals surface area contributed by atoms with Crippen LogP contribution in [0.4, 0.5) is 5.69 Å². The molecule has 0 aliphatic heterocycles. The zero-order valence-electron chi connectivity index (χ0n) is 18.5. The number of hydrogen-bond donors (Lipinski definition) is 4. The Morgan fingerprint density at radius 2 is 1.59 bits per heavy atom. The third-order valence-electron chi connectivity index (χ3n) is 5.01. The maximum atomic E-state index is 13.0. The maximum Gasteiger partial charge on any atom is 0.381 e. The lowest BCUT2D eigenvalue weighted by atomic mass is 9.91. The van der Waals surface area contributed by atoms with Crippen LogP contribution in [0.3, 0.4) is 0 Å². The molecule has 3 aromatic rings. The highest BCUT2D eigenvalue weighted by Gasteiger charge is 2.21. The number of rotatable bonds is 7. The van der Waals surface area contributed by atoms with Crippen LogP contribution in [-0.2, 0) is 20.8 Å². The average Bonchev–Trinajstić information content (AvgIpc) is 2.81. The number of amides is 2. The van der Waals surface area contributed by atoms with E-state index in [1.54, 1.807) is 30.3 Å². The van der Waals surface area contributed by atoms with Crippen molar-refractivity contribution in [3.05, 3.63) is 95.6 Å². The fourth-order valence-corrected chi connectivity index (χ4v) is 3.49.